The zero-order chi connectivity index (χ0) is 11.6. The number of rotatable bonds is 4. The molecular weight excluding hydrogens is 280 g/mol. The third-order valence-corrected chi connectivity index (χ3v) is 5.86. The van der Waals surface area contributed by atoms with Gasteiger partial charge in [-0.2, -0.15) is 17.0 Å². The Labute approximate surface area is 101 Å². The molecule has 6 heteroatoms. The van der Waals surface area contributed by atoms with Crippen molar-refractivity contribution in [2.24, 2.45) is 0 Å². The molecular formula is C9H19BrN2O2S. The first-order valence-electron chi connectivity index (χ1n) is 5.22. The second kappa shape index (κ2) is 5.12. The lowest BCUT2D eigenvalue weighted by Gasteiger charge is -2.30. The standard InChI is InChI=1S/C9H19BrN2O2S/c1-8(2)11(3)15(13,14)12-6-4-5-9(12)7-10/h8-9H,4-7H2,1-3H3. The largest absolute Gasteiger partial charge is 0.282 e. The summed E-state index contributed by atoms with van der Waals surface area (Å²) >= 11 is 3.37. The Balaban J connectivity index is 2.86. The summed E-state index contributed by atoms with van der Waals surface area (Å²) in [6, 6.07) is 0.128. The average Bonchev–Trinajstić information content (AvgIpc) is 2.64. The quantitative estimate of drug-likeness (QED) is 0.737. The Bertz CT molecular complexity index is 305. The number of hydrogen-bond donors (Lipinski definition) is 0. The van der Waals surface area contributed by atoms with E-state index >= 15 is 0 Å². The van der Waals surface area contributed by atoms with Gasteiger partial charge in [0.1, 0.15) is 0 Å². The van der Waals surface area contributed by atoms with Crippen LogP contribution in [0.4, 0.5) is 0 Å². The maximum Gasteiger partial charge on any atom is 0.282 e. The Kier molecular flexibility index (Phi) is 4.58. The first kappa shape index (κ1) is 13.4. The van der Waals surface area contributed by atoms with Crippen molar-refractivity contribution in [2.45, 2.75) is 38.8 Å². The summed E-state index contributed by atoms with van der Waals surface area (Å²) in [5, 5.41) is 0.720. The molecule has 0 aromatic carbocycles. The summed E-state index contributed by atoms with van der Waals surface area (Å²) in [6.07, 6.45) is 1.91. The fraction of sp³-hybridized carbons (Fsp3) is 1.00. The molecule has 1 rings (SSSR count). The molecule has 0 radical (unpaired) electrons. The number of alkyl halides is 1. The lowest BCUT2D eigenvalue weighted by atomic mass is 10.3. The van der Waals surface area contributed by atoms with Crippen LogP contribution in [-0.2, 0) is 10.2 Å². The number of halogens is 1. The molecule has 0 N–H and O–H groups in total. The minimum absolute atomic E-state index is 0.00609. The van der Waals surface area contributed by atoms with Crippen molar-refractivity contribution in [3.63, 3.8) is 0 Å². The third-order valence-electron chi connectivity index (χ3n) is 2.89. The normalized spacial score (nSPS) is 24.3. The highest BCUT2D eigenvalue weighted by atomic mass is 79.9. The molecule has 0 aromatic rings. The number of nitrogens with zero attached hydrogens (tertiary/aromatic N) is 2. The topological polar surface area (TPSA) is 40.6 Å². The first-order valence-corrected chi connectivity index (χ1v) is 7.74. The summed E-state index contributed by atoms with van der Waals surface area (Å²) < 4.78 is 27.4. The van der Waals surface area contributed by atoms with E-state index < -0.39 is 10.2 Å². The molecule has 4 nitrogen and oxygen atoms in total. The monoisotopic (exact) mass is 298 g/mol. The van der Waals surface area contributed by atoms with E-state index in [1.165, 1.54) is 4.31 Å². The van der Waals surface area contributed by atoms with Gasteiger partial charge in [0.15, 0.2) is 0 Å². The van der Waals surface area contributed by atoms with Crippen molar-refractivity contribution in [3.05, 3.63) is 0 Å². The minimum Gasteiger partial charge on any atom is -0.195 e. The van der Waals surface area contributed by atoms with Crippen molar-refractivity contribution in [1.82, 2.24) is 8.61 Å². The van der Waals surface area contributed by atoms with Gasteiger partial charge in [-0.15, -0.1) is 0 Å². The van der Waals surface area contributed by atoms with Crippen LogP contribution in [0, 0.1) is 0 Å². The molecule has 1 saturated heterocycles. The maximum atomic E-state index is 12.2. The predicted molar refractivity (Wildman–Crippen MR) is 65.3 cm³/mol. The van der Waals surface area contributed by atoms with Gasteiger partial charge in [0.2, 0.25) is 0 Å². The summed E-state index contributed by atoms with van der Waals surface area (Å²) in [7, 11) is -1.62. The van der Waals surface area contributed by atoms with Gasteiger partial charge in [-0.05, 0) is 26.7 Å². The van der Waals surface area contributed by atoms with Crippen molar-refractivity contribution in [3.8, 4) is 0 Å². The van der Waals surface area contributed by atoms with Gasteiger partial charge in [0.25, 0.3) is 10.2 Å². The molecule has 1 aliphatic rings. The van der Waals surface area contributed by atoms with Crippen molar-refractivity contribution in [1.29, 1.82) is 0 Å². The van der Waals surface area contributed by atoms with Gasteiger partial charge in [0.05, 0.1) is 0 Å². The van der Waals surface area contributed by atoms with E-state index in [1.54, 1.807) is 11.4 Å². The van der Waals surface area contributed by atoms with Crippen LogP contribution in [0.5, 0.6) is 0 Å². The Morgan fingerprint density at radius 2 is 2.13 bits per heavy atom. The van der Waals surface area contributed by atoms with Crippen LogP contribution in [0.15, 0.2) is 0 Å². The van der Waals surface area contributed by atoms with Gasteiger partial charge in [-0.3, -0.25) is 0 Å². The molecule has 1 unspecified atom stereocenters. The van der Waals surface area contributed by atoms with E-state index in [0.717, 1.165) is 18.2 Å². The fourth-order valence-corrected chi connectivity index (χ4v) is 4.34. The molecule has 1 atom stereocenters. The zero-order valence-corrected chi connectivity index (χ0v) is 11.9. The second-order valence-corrected chi connectivity index (χ2v) is 6.77. The molecule has 0 bridgehead atoms. The summed E-state index contributed by atoms with van der Waals surface area (Å²) in [5.41, 5.74) is 0. The Morgan fingerprint density at radius 1 is 1.53 bits per heavy atom. The second-order valence-electron chi connectivity index (χ2n) is 4.18. The van der Waals surface area contributed by atoms with Gasteiger partial charge >= 0.3 is 0 Å². The molecule has 0 aliphatic carbocycles. The Morgan fingerprint density at radius 3 is 2.60 bits per heavy atom. The highest BCUT2D eigenvalue weighted by Gasteiger charge is 2.36. The highest BCUT2D eigenvalue weighted by Crippen LogP contribution is 2.24. The van der Waals surface area contributed by atoms with E-state index in [-0.39, 0.29) is 12.1 Å². The summed E-state index contributed by atoms with van der Waals surface area (Å²) in [6.45, 7) is 4.42. The maximum absolute atomic E-state index is 12.2. The molecule has 0 saturated carbocycles. The lowest BCUT2D eigenvalue weighted by molar-refractivity contribution is 0.334. The van der Waals surface area contributed by atoms with Gasteiger partial charge in [-0.1, -0.05) is 15.9 Å². The molecule has 1 fully saturated rings. The van der Waals surface area contributed by atoms with Crippen molar-refractivity contribution >= 4 is 26.1 Å². The predicted octanol–water partition coefficient (Wildman–Crippen LogP) is 1.43. The van der Waals surface area contributed by atoms with Crippen molar-refractivity contribution < 1.29 is 8.42 Å². The first-order chi connectivity index (χ1) is 6.91. The van der Waals surface area contributed by atoms with Crippen LogP contribution in [-0.4, -0.2) is 48.0 Å². The van der Waals surface area contributed by atoms with Crippen LogP contribution < -0.4 is 0 Å². The molecule has 90 valence electrons. The van der Waals surface area contributed by atoms with Crippen LogP contribution in [0.25, 0.3) is 0 Å². The van der Waals surface area contributed by atoms with Crippen LogP contribution >= 0.6 is 15.9 Å². The summed E-state index contributed by atoms with van der Waals surface area (Å²) in [4.78, 5) is 0. The van der Waals surface area contributed by atoms with E-state index in [1.807, 2.05) is 13.8 Å². The SMILES string of the molecule is CC(C)N(C)S(=O)(=O)N1CCCC1CBr. The van der Waals surface area contributed by atoms with Crippen LogP contribution in [0.3, 0.4) is 0 Å². The molecule has 15 heavy (non-hydrogen) atoms. The molecule has 1 heterocycles. The van der Waals surface area contributed by atoms with Gasteiger partial charge < -0.3 is 0 Å². The fourth-order valence-electron chi connectivity index (χ4n) is 1.70. The molecule has 1 aliphatic heterocycles. The number of hydrogen-bond acceptors (Lipinski definition) is 2. The smallest absolute Gasteiger partial charge is 0.195 e. The van der Waals surface area contributed by atoms with Crippen LogP contribution in [0.2, 0.25) is 0 Å². The molecule has 0 aromatic heterocycles. The minimum atomic E-state index is -3.26. The summed E-state index contributed by atoms with van der Waals surface area (Å²) in [5.74, 6) is 0. The van der Waals surface area contributed by atoms with E-state index in [4.69, 9.17) is 0 Å². The van der Waals surface area contributed by atoms with Crippen molar-refractivity contribution in [2.75, 3.05) is 18.9 Å². The van der Waals surface area contributed by atoms with E-state index in [0.29, 0.717) is 6.54 Å². The van der Waals surface area contributed by atoms with Gasteiger partial charge in [0, 0.05) is 31.0 Å². The molecule has 0 amide bonds. The third kappa shape index (κ3) is 2.72. The van der Waals surface area contributed by atoms with Gasteiger partial charge in [-0.25, -0.2) is 0 Å². The Hall–Kier alpha value is 0.350. The van der Waals surface area contributed by atoms with E-state index in [9.17, 15) is 8.42 Å². The molecule has 0 spiro atoms. The highest BCUT2D eigenvalue weighted by molar-refractivity contribution is 9.09. The zero-order valence-electron chi connectivity index (χ0n) is 9.48. The van der Waals surface area contributed by atoms with Crippen LogP contribution in [0.1, 0.15) is 26.7 Å². The lowest BCUT2D eigenvalue weighted by Crippen LogP contribution is -2.47. The van der Waals surface area contributed by atoms with E-state index in [2.05, 4.69) is 15.9 Å². The average molecular weight is 299 g/mol.